The molecular formula is C21H29ClN2O4S. The van der Waals surface area contributed by atoms with E-state index in [2.05, 4.69) is 10.0 Å². The second-order valence-corrected chi connectivity index (χ2v) is 11.9. The third-order valence-corrected chi connectivity index (χ3v) is 7.76. The van der Waals surface area contributed by atoms with Gasteiger partial charge >= 0.3 is 0 Å². The molecule has 1 aromatic carbocycles. The number of rotatable bonds is 6. The topological polar surface area (TPSA) is 84.5 Å². The molecule has 5 rings (SSSR count). The van der Waals surface area contributed by atoms with Crippen LogP contribution in [0, 0.1) is 17.8 Å². The summed E-state index contributed by atoms with van der Waals surface area (Å²) in [6.45, 7) is 3.53. The summed E-state index contributed by atoms with van der Waals surface area (Å²) >= 11 is 5.92. The molecule has 2 N–H and O–H groups in total. The summed E-state index contributed by atoms with van der Waals surface area (Å²) in [4.78, 5) is 13.1. The maximum Gasteiger partial charge on any atom is 0.263 e. The van der Waals surface area contributed by atoms with Gasteiger partial charge in [0, 0.05) is 16.6 Å². The molecule has 0 spiro atoms. The van der Waals surface area contributed by atoms with Crippen molar-refractivity contribution in [3.63, 3.8) is 0 Å². The fraction of sp³-hybridized carbons (Fsp3) is 0.667. The van der Waals surface area contributed by atoms with Gasteiger partial charge in [0.1, 0.15) is 5.75 Å². The van der Waals surface area contributed by atoms with E-state index in [4.69, 9.17) is 16.3 Å². The Labute approximate surface area is 177 Å². The van der Waals surface area contributed by atoms with Crippen molar-refractivity contribution in [2.24, 2.45) is 17.8 Å². The molecule has 4 bridgehead atoms. The molecule has 1 amide bonds. The summed E-state index contributed by atoms with van der Waals surface area (Å²) < 4.78 is 32.7. The van der Waals surface area contributed by atoms with Crippen molar-refractivity contribution in [1.29, 1.82) is 0 Å². The Morgan fingerprint density at radius 3 is 2.28 bits per heavy atom. The van der Waals surface area contributed by atoms with Crippen molar-refractivity contribution >= 4 is 27.5 Å². The number of hydrogen-bond acceptors (Lipinski definition) is 4. The molecule has 0 saturated heterocycles. The SMILES string of the molecule is CC(C)(Oc1ccc(Cl)cc1)C(=O)NC1[C@@H]2CC3C[C@@H]1CC(NS(C)(=O)=O)(C3)C2. The molecule has 6 nitrogen and oxygen atoms in total. The zero-order chi connectivity index (χ0) is 21.0. The highest BCUT2D eigenvalue weighted by molar-refractivity contribution is 7.88. The number of hydrogen-bond donors (Lipinski definition) is 2. The maximum atomic E-state index is 13.1. The Morgan fingerprint density at radius 2 is 1.72 bits per heavy atom. The number of ether oxygens (including phenoxy) is 1. The first-order valence-corrected chi connectivity index (χ1v) is 12.5. The van der Waals surface area contributed by atoms with Crippen molar-refractivity contribution in [3.8, 4) is 5.75 Å². The van der Waals surface area contributed by atoms with Crippen molar-refractivity contribution in [2.75, 3.05) is 6.26 Å². The monoisotopic (exact) mass is 440 g/mol. The predicted molar refractivity (Wildman–Crippen MR) is 112 cm³/mol. The Kier molecular flexibility index (Phi) is 5.15. The largest absolute Gasteiger partial charge is 0.478 e. The van der Waals surface area contributed by atoms with E-state index in [1.54, 1.807) is 38.1 Å². The zero-order valence-electron chi connectivity index (χ0n) is 17.1. The minimum Gasteiger partial charge on any atom is -0.478 e. The van der Waals surface area contributed by atoms with Crippen LogP contribution in [0.25, 0.3) is 0 Å². The second-order valence-electron chi connectivity index (χ2n) is 9.69. The third kappa shape index (κ3) is 4.42. The van der Waals surface area contributed by atoms with E-state index >= 15 is 0 Å². The molecule has 0 aromatic heterocycles. The fourth-order valence-electron chi connectivity index (χ4n) is 5.95. The number of sulfonamides is 1. The van der Waals surface area contributed by atoms with E-state index in [-0.39, 0.29) is 17.5 Å². The smallest absolute Gasteiger partial charge is 0.263 e. The highest BCUT2D eigenvalue weighted by atomic mass is 35.5. The summed E-state index contributed by atoms with van der Waals surface area (Å²) in [5.41, 5.74) is -1.36. The van der Waals surface area contributed by atoms with Gasteiger partial charge in [0.15, 0.2) is 5.60 Å². The van der Waals surface area contributed by atoms with Crippen LogP contribution in [-0.2, 0) is 14.8 Å². The highest BCUT2D eigenvalue weighted by Gasteiger charge is 2.57. The molecule has 2 atom stereocenters. The number of nitrogens with one attached hydrogen (secondary N) is 2. The Hall–Kier alpha value is -1.31. The fourth-order valence-corrected chi connectivity index (χ4v) is 7.11. The first kappa shape index (κ1) is 20.9. The molecule has 1 aromatic rings. The van der Waals surface area contributed by atoms with Gasteiger partial charge in [-0.2, -0.15) is 0 Å². The molecule has 0 aliphatic heterocycles. The summed E-state index contributed by atoms with van der Waals surface area (Å²) in [5, 5.41) is 3.86. The van der Waals surface area contributed by atoms with E-state index in [9.17, 15) is 13.2 Å². The lowest BCUT2D eigenvalue weighted by molar-refractivity contribution is -0.138. The van der Waals surface area contributed by atoms with Gasteiger partial charge in [0.05, 0.1) is 6.26 Å². The van der Waals surface area contributed by atoms with Crippen LogP contribution >= 0.6 is 11.6 Å². The van der Waals surface area contributed by atoms with Crippen molar-refractivity contribution < 1.29 is 17.9 Å². The minimum atomic E-state index is -3.25. The van der Waals surface area contributed by atoms with Gasteiger partial charge in [-0.25, -0.2) is 13.1 Å². The average Bonchev–Trinajstić information content (AvgIpc) is 2.57. The predicted octanol–water partition coefficient (Wildman–Crippen LogP) is 3.11. The van der Waals surface area contributed by atoms with Crippen LogP contribution in [0.3, 0.4) is 0 Å². The van der Waals surface area contributed by atoms with E-state index < -0.39 is 15.6 Å². The quantitative estimate of drug-likeness (QED) is 0.711. The molecule has 29 heavy (non-hydrogen) atoms. The van der Waals surface area contributed by atoms with Crippen LogP contribution in [0.15, 0.2) is 24.3 Å². The Morgan fingerprint density at radius 1 is 1.14 bits per heavy atom. The first-order valence-electron chi connectivity index (χ1n) is 10.2. The number of halogens is 1. The van der Waals surface area contributed by atoms with Gasteiger partial charge in [0.25, 0.3) is 5.91 Å². The number of carbonyl (C=O) groups is 1. The molecular weight excluding hydrogens is 412 g/mol. The molecule has 4 aliphatic rings. The standard InChI is InChI=1S/C21H29ClN2O4S/c1-20(2,28-17-6-4-16(22)5-7-17)19(25)23-18-14-8-13-9-15(18)12-21(10-13,11-14)24-29(3,26)27/h4-7,13-15,18,24H,8-12H2,1-3H3,(H,23,25)/t13?,14-,15-,18?,21?/m1/s1. The molecule has 8 heteroatoms. The van der Waals surface area contributed by atoms with Gasteiger partial charge in [0.2, 0.25) is 10.0 Å². The van der Waals surface area contributed by atoms with E-state index in [0.29, 0.717) is 28.5 Å². The highest BCUT2D eigenvalue weighted by Crippen LogP contribution is 2.56. The molecule has 0 radical (unpaired) electrons. The zero-order valence-corrected chi connectivity index (χ0v) is 18.6. The van der Waals surface area contributed by atoms with Crippen LogP contribution in [0.5, 0.6) is 5.75 Å². The van der Waals surface area contributed by atoms with Crippen LogP contribution in [0.1, 0.15) is 46.0 Å². The first-order chi connectivity index (χ1) is 13.4. The van der Waals surface area contributed by atoms with Gasteiger partial charge in [-0.1, -0.05) is 11.6 Å². The van der Waals surface area contributed by atoms with E-state index in [1.165, 1.54) is 6.26 Å². The van der Waals surface area contributed by atoms with Crippen molar-refractivity contribution in [2.45, 2.75) is 63.1 Å². The second kappa shape index (κ2) is 7.13. The van der Waals surface area contributed by atoms with Gasteiger partial charge in [-0.15, -0.1) is 0 Å². The lowest BCUT2D eigenvalue weighted by atomic mass is 9.51. The molecule has 160 valence electrons. The lowest BCUT2D eigenvalue weighted by Crippen LogP contribution is -2.67. The van der Waals surface area contributed by atoms with Gasteiger partial charge < -0.3 is 10.1 Å². The summed E-state index contributed by atoms with van der Waals surface area (Å²) in [7, 11) is -3.25. The van der Waals surface area contributed by atoms with Gasteiger partial charge in [-0.05, 0) is 88.0 Å². The Balaban J connectivity index is 1.45. The number of amides is 1. The van der Waals surface area contributed by atoms with Crippen LogP contribution in [0.4, 0.5) is 0 Å². The molecule has 4 aliphatic carbocycles. The van der Waals surface area contributed by atoms with E-state index in [1.807, 2.05) is 0 Å². The third-order valence-electron chi connectivity index (χ3n) is 6.71. The molecule has 0 unspecified atom stereocenters. The van der Waals surface area contributed by atoms with Crippen LogP contribution < -0.4 is 14.8 Å². The summed E-state index contributed by atoms with van der Waals surface area (Å²) in [6.07, 6.45) is 5.83. The van der Waals surface area contributed by atoms with Gasteiger partial charge in [-0.3, -0.25) is 4.79 Å². The molecule has 0 heterocycles. The maximum absolute atomic E-state index is 13.1. The minimum absolute atomic E-state index is 0.0710. The Bertz CT molecular complexity index is 884. The van der Waals surface area contributed by atoms with Crippen LogP contribution in [0.2, 0.25) is 5.02 Å². The molecule has 4 fully saturated rings. The lowest BCUT2D eigenvalue weighted by Gasteiger charge is -2.60. The van der Waals surface area contributed by atoms with Crippen LogP contribution in [-0.4, -0.2) is 37.8 Å². The van der Waals surface area contributed by atoms with Crippen molar-refractivity contribution in [3.05, 3.63) is 29.3 Å². The summed E-state index contributed by atoms with van der Waals surface area (Å²) in [6, 6.07) is 7.04. The molecule has 4 saturated carbocycles. The summed E-state index contributed by atoms with van der Waals surface area (Å²) in [5.74, 6) is 1.58. The van der Waals surface area contributed by atoms with E-state index in [0.717, 1.165) is 32.1 Å². The normalized spacial score (nSPS) is 33.5. The number of carbonyl (C=O) groups excluding carboxylic acids is 1. The average molecular weight is 441 g/mol. The number of benzene rings is 1. The van der Waals surface area contributed by atoms with Crippen molar-refractivity contribution in [1.82, 2.24) is 10.0 Å².